The summed E-state index contributed by atoms with van der Waals surface area (Å²) >= 11 is 7.52. The van der Waals surface area contributed by atoms with E-state index in [0.717, 1.165) is 12.1 Å². The van der Waals surface area contributed by atoms with Crippen LogP contribution in [0.2, 0.25) is 5.02 Å². The summed E-state index contributed by atoms with van der Waals surface area (Å²) in [5.74, 6) is 0.111. The Bertz CT molecular complexity index is 404. The van der Waals surface area contributed by atoms with Crippen LogP contribution < -0.4 is 4.74 Å². The number of ether oxygens (including phenoxy) is 1. The summed E-state index contributed by atoms with van der Waals surface area (Å²) in [6.07, 6.45) is -2.98. The Balaban J connectivity index is 3.16. The number of rotatable bonds is 3. The van der Waals surface area contributed by atoms with Crippen LogP contribution in [-0.2, 0) is 6.18 Å². The third-order valence-corrected chi connectivity index (χ3v) is 3.41. The Hall–Kier alpha value is -0.430. The molecule has 1 nitrogen and oxygen atoms in total. The van der Waals surface area contributed by atoms with Crippen LogP contribution in [0, 0.1) is 3.57 Å². The van der Waals surface area contributed by atoms with Gasteiger partial charge in [-0.2, -0.15) is 13.2 Å². The topological polar surface area (TPSA) is 9.23 Å². The minimum Gasteiger partial charge on any atom is -0.488 e. The standard InChI is InChI=1S/C10H7ClF3IO/c1-2-3-16-8-5-6(10(12,13)14)4-7(11)9(8)15/h2,4-5H,1,3H2. The Morgan fingerprint density at radius 2 is 2.06 bits per heavy atom. The Morgan fingerprint density at radius 3 is 2.56 bits per heavy atom. The summed E-state index contributed by atoms with van der Waals surface area (Å²) in [5, 5.41) is 0.0227. The van der Waals surface area contributed by atoms with E-state index in [1.807, 2.05) is 22.6 Å². The maximum Gasteiger partial charge on any atom is 0.416 e. The van der Waals surface area contributed by atoms with Crippen molar-refractivity contribution in [2.24, 2.45) is 0 Å². The molecule has 0 aromatic heterocycles. The lowest BCUT2D eigenvalue weighted by Gasteiger charge is -2.12. The normalized spacial score (nSPS) is 11.3. The van der Waals surface area contributed by atoms with E-state index in [1.54, 1.807) is 0 Å². The van der Waals surface area contributed by atoms with Crippen LogP contribution in [-0.4, -0.2) is 6.61 Å². The summed E-state index contributed by atoms with van der Waals surface area (Å²) in [6, 6.07) is 1.81. The first-order valence-electron chi connectivity index (χ1n) is 4.16. The molecule has 0 radical (unpaired) electrons. The highest BCUT2D eigenvalue weighted by Crippen LogP contribution is 2.37. The Labute approximate surface area is 109 Å². The molecule has 0 unspecified atom stereocenters. The predicted octanol–water partition coefficient (Wildman–Crippen LogP) is 4.53. The second-order valence-corrected chi connectivity index (χ2v) is 4.35. The largest absolute Gasteiger partial charge is 0.488 e. The predicted molar refractivity (Wildman–Crippen MR) is 64.9 cm³/mol. The molecule has 0 fully saturated rings. The molecule has 0 heterocycles. The molecule has 1 aromatic rings. The van der Waals surface area contributed by atoms with Crippen molar-refractivity contribution in [3.8, 4) is 5.75 Å². The highest BCUT2D eigenvalue weighted by molar-refractivity contribution is 14.1. The molecule has 0 saturated heterocycles. The molecule has 1 aromatic carbocycles. The van der Waals surface area contributed by atoms with Gasteiger partial charge < -0.3 is 4.74 Å². The van der Waals surface area contributed by atoms with Gasteiger partial charge >= 0.3 is 6.18 Å². The van der Waals surface area contributed by atoms with Gasteiger partial charge in [0.2, 0.25) is 0 Å². The van der Waals surface area contributed by atoms with Crippen molar-refractivity contribution in [3.05, 3.63) is 38.9 Å². The number of halogens is 5. The zero-order valence-electron chi connectivity index (χ0n) is 7.94. The van der Waals surface area contributed by atoms with Gasteiger partial charge in [0.1, 0.15) is 12.4 Å². The third-order valence-electron chi connectivity index (χ3n) is 1.68. The van der Waals surface area contributed by atoms with Crippen molar-refractivity contribution in [3.63, 3.8) is 0 Å². The quantitative estimate of drug-likeness (QED) is 0.567. The highest BCUT2D eigenvalue weighted by Gasteiger charge is 2.32. The van der Waals surface area contributed by atoms with Crippen molar-refractivity contribution in [1.82, 2.24) is 0 Å². The second-order valence-electron chi connectivity index (χ2n) is 2.87. The third kappa shape index (κ3) is 3.28. The molecule has 0 bridgehead atoms. The summed E-state index contributed by atoms with van der Waals surface area (Å²) in [4.78, 5) is 0. The van der Waals surface area contributed by atoms with Crippen LogP contribution in [0.5, 0.6) is 5.75 Å². The summed E-state index contributed by atoms with van der Waals surface area (Å²) in [5.41, 5.74) is -0.822. The van der Waals surface area contributed by atoms with Crippen LogP contribution in [0.4, 0.5) is 13.2 Å². The first kappa shape index (κ1) is 13.6. The van der Waals surface area contributed by atoms with E-state index in [1.165, 1.54) is 6.08 Å². The summed E-state index contributed by atoms with van der Waals surface area (Å²) < 4.78 is 42.9. The van der Waals surface area contributed by atoms with E-state index in [-0.39, 0.29) is 17.4 Å². The Kier molecular flexibility index (Phi) is 4.49. The molecular weight excluding hydrogens is 355 g/mol. The number of alkyl halides is 3. The van der Waals surface area contributed by atoms with Gasteiger partial charge in [-0.25, -0.2) is 0 Å². The van der Waals surface area contributed by atoms with Crippen molar-refractivity contribution in [1.29, 1.82) is 0 Å². The first-order valence-corrected chi connectivity index (χ1v) is 5.62. The van der Waals surface area contributed by atoms with E-state index in [4.69, 9.17) is 16.3 Å². The van der Waals surface area contributed by atoms with Crippen molar-refractivity contribution in [2.75, 3.05) is 6.61 Å². The molecule has 88 valence electrons. The van der Waals surface area contributed by atoms with Gasteiger partial charge in [-0.15, -0.1) is 0 Å². The zero-order chi connectivity index (χ0) is 12.3. The SMILES string of the molecule is C=CCOc1cc(C(F)(F)F)cc(Cl)c1I. The number of hydrogen-bond donors (Lipinski definition) is 0. The minimum absolute atomic E-state index is 0.0227. The average Bonchev–Trinajstić information content (AvgIpc) is 2.18. The van der Waals surface area contributed by atoms with E-state index < -0.39 is 11.7 Å². The maximum absolute atomic E-state index is 12.5. The van der Waals surface area contributed by atoms with Crippen LogP contribution in [0.15, 0.2) is 24.8 Å². The van der Waals surface area contributed by atoms with Crippen molar-refractivity contribution < 1.29 is 17.9 Å². The fraction of sp³-hybridized carbons (Fsp3) is 0.200. The zero-order valence-corrected chi connectivity index (χ0v) is 10.9. The molecule has 0 saturated carbocycles. The van der Waals surface area contributed by atoms with E-state index >= 15 is 0 Å². The molecule has 0 amide bonds. The molecule has 16 heavy (non-hydrogen) atoms. The van der Waals surface area contributed by atoms with Crippen molar-refractivity contribution in [2.45, 2.75) is 6.18 Å². The lowest BCUT2D eigenvalue weighted by molar-refractivity contribution is -0.137. The summed E-state index contributed by atoms with van der Waals surface area (Å²) in [6.45, 7) is 3.55. The van der Waals surface area contributed by atoms with Crippen LogP contribution >= 0.6 is 34.2 Å². The molecule has 1 rings (SSSR count). The fourth-order valence-electron chi connectivity index (χ4n) is 0.981. The smallest absolute Gasteiger partial charge is 0.416 e. The number of hydrogen-bond acceptors (Lipinski definition) is 1. The maximum atomic E-state index is 12.5. The lowest BCUT2D eigenvalue weighted by atomic mass is 10.2. The molecule has 0 N–H and O–H groups in total. The molecule has 0 atom stereocenters. The van der Waals surface area contributed by atoms with Gasteiger partial charge in [0.15, 0.2) is 0 Å². The Morgan fingerprint density at radius 1 is 1.44 bits per heavy atom. The average molecular weight is 363 g/mol. The molecule has 0 spiro atoms. The molecule has 0 aliphatic carbocycles. The lowest BCUT2D eigenvalue weighted by Crippen LogP contribution is -2.06. The van der Waals surface area contributed by atoms with E-state index in [0.29, 0.717) is 3.57 Å². The van der Waals surface area contributed by atoms with Gasteiger partial charge in [0, 0.05) is 0 Å². The first-order chi connectivity index (χ1) is 7.36. The van der Waals surface area contributed by atoms with Crippen molar-refractivity contribution >= 4 is 34.2 Å². The molecule has 6 heteroatoms. The molecular formula is C10H7ClF3IO. The van der Waals surface area contributed by atoms with Crippen LogP contribution in [0.1, 0.15) is 5.56 Å². The molecule has 0 aliphatic rings. The minimum atomic E-state index is -4.43. The van der Waals surface area contributed by atoms with Gasteiger partial charge in [-0.3, -0.25) is 0 Å². The van der Waals surface area contributed by atoms with Gasteiger partial charge in [-0.1, -0.05) is 24.3 Å². The molecule has 0 aliphatic heterocycles. The van der Waals surface area contributed by atoms with Gasteiger partial charge in [0.05, 0.1) is 14.2 Å². The summed E-state index contributed by atoms with van der Waals surface area (Å²) in [7, 11) is 0. The van der Waals surface area contributed by atoms with E-state index in [9.17, 15) is 13.2 Å². The van der Waals surface area contributed by atoms with Crippen LogP contribution in [0.25, 0.3) is 0 Å². The second kappa shape index (κ2) is 5.27. The van der Waals surface area contributed by atoms with Gasteiger partial charge in [-0.05, 0) is 34.7 Å². The monoisotopic (exact) mass is 362 g/mol. The fourth-order valence-corrected chi connectivity index (χ4v) is 1.66. The number of benzene rings is 1. The van der Waals surface area contributed by atoms with Gasteiger partial charge in [0.25, 0.3) is 0 Å². The van der Waals surface area contributed by atoms with Crippen LogP contribution in [0.3, 0.4) is 0 Å². The highest BCUT2D eigenvalue weighted by atomic mass is 127. The van der Waals surface area contributed by atoms with E-state index in [2.05, 4.69) is 6.58 Å².